The van der Waals surface area contributed by atoms with Crippen molar-refractivity contribution in [3.63, 3.8) is 0 Å². The molecule has 3 N–H and O–H groups in total. The van der Waals surface area contributed by atoms with E-state index in [1.165, 1.54) is 17.1 Å². The van der Waals surface area contributed by atoms with Gasteiger partial charge < -0.3 is 15.5 Å². The van der Waals surface area contributed by atoms with Crippen LogP contribution in [0.25, 0.3) is 5.82 Å². The summed E-state index contributed by atoms with van der Waals surface area (Å²) in [6.45, 7) is 8.84. The molecule has 0 aliphatic carbocycles. The van der Waals surface area contributed by atoms with Gasteiger partial charge in [-0.05, 0) is 58.2 Å². The van der Waals surface area contributed by atoms with E-state index in [0.29, 0.717) is 5.82 Å². The Hall–Kier alpha value is -3.86. The quantitative estimate of drug-likeness (QED) is 0.344. The van der Waals surface area contributed by atoms with E-state index in [1.807, 2.05) is 44.3 Å². The fraction of sp³-hybridized carbons (Fsp3) is 0.400. The Bertz CT molecular complexity index is 1300. The average molecular weight is 491 g/mol. The smallest absolute Gasteiger partial charge is 0.227 e. The SMILES string of the molecule is Cc1cc(Nc2cc(C)[nH]n2)nc(N2CCC(C)(NCCc3ccc(-n4cc(F)cn4)nc3)CC2)n1. The lowest BCUT2D eigenvalue weighted by molar-refractivity contribution is 0.285. The van der Waals surface area contributed by atoms with Gasteiger partial charge >= 0.3 is 0 Å². The van der Waals surface area contributed by atoms with E-state index >= 15 is 0 Å². The number of piperidine rings is 1. The molecule has 11 heteroatoms. The zero-order valence-corrected chi connectivity index (χ0v) is 20.8. The van der Waals surface area contributed by atoms with Gasteiger partial charge in [0.05, 0.1) is 12.4 Å². The van der Waals surface area contributed by atoms with Gasteiger partial charge in [-0.2, -0.15) is 15.2 Å². The third-order valence-corrected chi connectivity index (χ3v) is 6.51. The van der Waals surface area contributed by atoms with E-state index in [0.717, 1.165) is 73.4 Å². The molecule has 188 valence electrons. The van der Waals surface area contributed by atoms with Gasteiger partial charge in [0, 0.05) is 48.3 Å². The topological polar surface area (TPSA) is 112 Å². The van der Waals surface area contributed by atoms with Crippen molar-refractivity contribution in [2.75, 3.05) is 29.9 Å². The van der Waals surface area contributed by atoms with Crippen molar-refractivity contribution in [3.05, 3.63) is 65.6 Å². The fourth-order valence-electron chi connectivity index (χ4n) is 4.38. The largest absolute Gasteiger partial charge is 0.341 e. The second kappa shape index (κ2) is 10.0. The lowest BCUT2D eigenvalue weighted by Gasteiger charge is -2.40. The minimum absolute atomic E-state index is 0.0495. The van der Waals surface area contributed by atoms with Crippen molar-refractivity contribution >= 4 is 17.6 Å². The van der Waals surface area contributed by atoms with Crippen molar-refractivity contribution in [1.82, 2.24) is 40.2 Å². The van der Waals surface area contributed by atoms with E-state index in [-0.39, 0.29) is 11.4 Å². The van der Waals surface area contributed by atoms with Crippen LogP contribution in [0.3, 0.4) is 0 Å². The molecule has 1 saturated heterocycles. The highest BCUT2D eigenvalue weighted by Gasteiger charge is 2.30. The normalized spacial score (nSPS) is 15.3. The first-order chi connectivity index (χ1) is 17.3. The summed E-state index contributed by atoms with van der Waals surface area (Å²) in [5.74, 6) is 2.46. The van der Waals surface area contributed by atoms with Crippen LogP contribution in [0.15, 0.2) is 42.9 Å². The molecule has 5 rings (SSSR count). The molecule has 10 nitrogen and oxygen atoms in total. The molecule has 0 radical (unpaired) electrons. The van der Waals surface area contributed by atoms with E-state index in [1.54, 1.807) is 0 Å². The molecule has 0 aromatic carbocycles. The van der Waals surface area contributed by atoms with Gasteiger partial charge in [0.15, 0.2) is 17.5 Å². The van der Waals surface area contributed by atoms with Crippen LogP contribution in [0.1, 0.15) is 36.7 Å². The summed E-state index contributed by atoms with van der Waals surface area (Å²) in [6.07, 6.45) is 7.17. The predicted octanol–water partition coefficient (Wildman–Crippen LogP) is 3.47. The van der Waals surface area contributed by atoms with Crippen LogP contribution in [0.4, 0.5) is 22.0 Å². The number of aryl methyl sites for hydroxylation is 2. The first-order valence-corrected chi connectivity index (χ1v) is 12.2. The summed E-state index contributed by atoms with van der Waals surface area (Å²) in [6, 6.07) is 7.75. The van der Waals surface area contributed by atoms with Gasteiger partial charge in [0.1, 0.15) is 5.82 Å². The summed E-state index contributed by atoms with van der Waals surface area (Å²) in [7, 11) is 0. The summed E-state index contributed by atoms with van der Waals surface area (Å²) in [5.41, 5.74) is 3.08. The van der Waals surface area contributed by atoms with Crippen molar-refractivity contribution in [2.24, 2.45) is 0 Å². The summed E-state index contributed by atoms with van der Waals surface area (Å²) >= 11 is 0. The Balaban J connectivity index is 1.13. The molecule has 0 spiro atoms. The molecule has 1 aliphatic heterocycles. The highest BCUT2D eigenvalue weighted by molar-refractivity contribution is 5.54. The number of pyridine rings is 1. The lowest BCUT2D eigenvalue weighted by Crippen LogP contribution is -2.52. The van der Waals surface area contributed by atoms with Crippen LogP contribution in [-0.2, 0) is 6.42 Å². The van der Waals surface area contributed by atoms with Gasteiger partial charge in [-0.25, -0.2) is 19.0 Å². The maximum atomic E-state index is 13.2. The summed E-state index contributed by atoms with van der Waals surface area (Å²) in [4.78, 5) is 16.1. The van der Waals surface area contributed by atoms with Crippen LogP contribution in [0, 0.1) is 19.7 Å². The number of nitrogens with one attached hydrogen (secondary N) is 3. The molecule has 0 saturated carbocycles. The van der Waals surface area contributed by atoms with Crippen LogP contribution in [-0.4, -0.2) is 60.1 Å². The van der Waals surface area contributed by atoms with Crippen molar-refractivity contribution < 1.29 is 4.39 Å². The number of aromatic amines is 1. The molecule has 0 atom stereocenters. The maximum absolute atomic E-state index is 13.2. The van der Waals surface area contributed by atoms with Crippen molar-refractivity contribution in [3.8, 4) is 5.82 Å². The second-order valence-electron chi connectivity index (χ2n) is 9.61. The Morgan fingerprint density at radius 2 is 1.92 bits per heavy atom. The van der Waals surface area contributed by atoms with Crippen molar-refractivity contribution in [1.29, 1.82) is 0 Å². The number of halogens is 1. The molecule has 1 fully saturated rings. The second-order valence-corrected chi connectivity index (χ2v) is 9.61. The molecule has 4 aromatic heterocycles. The zero-order chi connectivity index (χ0) is 25.1. The van der Waals surface area contributed by atoms with Crippen LogP contribution in [0.2, 0.25) is 0 Å². The van der Waals surface area contributed by atoms with Crippen LogP contribution in [0.5, 0.6) is 0 Å². The van der Waals surface area contributed by atoms with Crippen LogP contribution < -0.4 is 15.5 Å². The first kappa shape index (κ1) is 23.9. The van der Waals surface area contributed by atoms with Gasteiger partial charge in [0.2, 0.25) is 5.95 Å². The Kier molecular flexibility index (Phi) is 6.64. The highest BCUT2D eigenvalue weighted by atomic mass is 19.1. The number of nitrogens with zero attached hydrogens (tertiary/aromatic N) is 7. The first-order valence-electron chi connectivity index (χ1n) is 12.2. The molecule has 5 heterocycles. The van der Waals surface area contributed by atoms with Crippen LogP contribution >= 0.6 is 0 Å². The van der Waals surface area contributed by atoms with Gasteiger partial charge in [-0.3, -0.25) is 5.10 Å². The molecule has 0 bridgehead atoms. The Labute approximate surface area is 209 Å². The third kappa shape index (κ3) is 5.68. The van der Waals surface area contributed by atoms with E-state index in [9.17, 15) is 4.39 Å². The van der Waals surface area contributed by atoms with E-state index < -0.39 is 0 Å². The number of rotatable bonds is 8. The molecule has 0 amide bonds. The number of aromatic nitrogens is 7. The molecule has 0 unspecified atom stereocenters. The summed E-state index contributed by atoms with van der Waals surface area (Å²) < 4.78 is 14.6. The maximum Gasteiger partial charge on any atom is 0.227 e. The Morgan fingerprint density at radius 3 is 2.58 bits per heavy atom. The lowest BCUT2D eigenvalue weighted by atomic mass is 9.89. The predicted molar refractivity (Wildman–Crippen MR) is 136 cm³/mol. The standard InChI is InChI=1S/C25H31FN10/c1-17-12-21(31-22-13-18(2)33-34-22)32-24(30-17)35-10-7-25(3,8-11-35)28-9-6-19-4-5-23(27-14-19)36-16-20(26)15-29-36/h4-5,12-16,28H,6-11H2,1-3H3,(H2,30,31,32,33,34). The number of anilines is 3. The van der Waals surface area contributed by atoms with Gasteiger partial charge in [-0.1, -0.05) is 6.07 Å². The molecule has 4 aromatic rings. The molecular weight excluding hydrogens is 459 g/mol. The number of hydrogen-bond acceptors (Lipinski definition) is 8. The average Bonchev–Trinajstić information content (AvgIpc) is 3.47. The summed E-state index contributed by atoms with van der Waals surface area (Å²) in [5, 5.41) is 18.1. The number of hydrogen-bond donors (Lipinski definition) is 3. The fourth-order valence-corrected chi connectivity index (χ4v) is 4.38. The molecule has 36 heavy (non-hydrogen) atoms. The van der Waals surface area contributed by atoms with Gasteiger partial charge in [0.25, 0.3) is 0 Å². The van der Waals surface area contributed by atoms with Gasteiger partial charge in [-0.15, -0.1) is 0 Å². The number of H-pyrrole nitrogens is 1. The third-order valence-electron chi connectivity index (χ3n) is 6.51. The highest BCUT2D eigenvalue weighted by Crippen LogP contribution is 2.26. The van der Waals surface area contributed by atoms with Crippen molar-refractivity contribution in [2.45, 2.75) is 45.6 Å². The monoisotopic (exact) mass is 490 g/mol. The Morgan fingerprint density at radius 1 is 1.08 bits per heavy atom. The zero-order valence-electron chi connectivity index (χ0n) is 20.8. The molecular formula is C25H31FN10. The minimum Gasteiger partial charge on any atom is -0.341 e. The van der Waals surface area contributed by atoms with E-state index in [2.05, 4.69) is 47.7 Å². The minimum atomic E-state index is -0.375. The van der Waals surface area contributed by atoms with E-state index in [4.69, 9.17) is 4.98 Å². The molecule has 1 aliphatic rings.